The van der Waals surface area contributed by atoms with Crippen LogP contribution >= 0.6 is 0 Å². The van der Waals surface area contributed by atoms with Crippen molar-refractivity contribution in [2.24, 2.45) is 0 Å². The van der Waals surface area contributed by atoms with Crippen molar-refractivity contribution >= 4 is 20.5 Å². The zero-order valence-corrected chi connectivity index (χ0v) is 16.2. The third kappa shape index (κ3) is 2.96. The van der Waals surface area contributed by atoms with E-state index in [0.29, 0.717) is 6.42 Å². The molecule has 3 aromatic rings. The number of nitrogens with zero attached hydrogens (tertiary/aromatic N) is 2. The monoisotopic (exact) mass is 414 g/mol. The summed E-state index contributed by atoms with van der Waals surface area (Å²) in [5.41, 5.74) is 2.96. The van der Waals surface area contributed by atoms with Crippen LogP contribution in [0.3, 0.4) is 0 Å². The van der Waals surface area contributed by atoms with Gasteiger partial charge in [-0.15, -0.1) is 0 Å². The van der Waals surface area contributed by atoms with Crippen molar-refractivity contribution in [1.29, 1.82) is 0 Å². The number of ketones is 1. The number of hydrogen-bond acceptors (Lipinski definition) is 5. The zero-order valence-electron chi connectivity index (χ0n) is 14.5. The fourth-order valence-corrected chi connectivity index (χ4v) is 5.14. The van der Waals surface area contributed by atoms with E-state index in [-0.39, 0.29) is 32.4 Å². The predicted molar refractivity (Wildman–Crippen MR) is 98.3 cm³/mol. The van der Waals surface area contributed by atoms with Crippen LogP contribution < -0.4 is 9.47 Å². The molecule has 2 unspecified atom stereocenters. The second-order valence-electron chi connectivity index (χ2n) is 6.22. The van der Waals surface area contributed by atoms with Crippen molar-refractivity contribution in [1.82, 2.24) is 9.19 Å². The van der Waals surface area contributed by atoms with Gasteiger partial charge in [0.2, 0.25) is 0 Å². The number of aromatic nitrogens is 2. The molecule has 1 aliphatic rings. The van der Waals surface area contributed by atoms with Crippen molar-refractivity contribution in [2.45, 2.75) is 18.3 Å². The normalized spacial score (nSPS) is 19.1. The minimum absolute atomic E-state index is 0.0968. The van der Waals surface area contributed by atoms with E-state index in [0.717, 1.165) is 32.8 Å². The Morgan fingerprint density at radius 2 is 1.50 bits per heavy atom. The minimum atomic E-state index is -0.272. The number of ether oxygens (including phenoxy) is 2. The van der Waals surface area contributed by atoms with Gasteiger partial charge in [-0.2, -0.15) is 0 Å². The van der Waals surface area contributed by atoms with Gasteiger partial charge in [0, 0.05) is 0 Å². The van der Waals surface area contributed by atoms with E-state index < -0.39 is 0 Å². The van der Waals surface area contributed by atoms with Gasteiger partial charge < -0.3 is 0 Å². The third-order valence-corrected chi connectivity index (χ3v) is 6.58. The van der Waals surface area contributed by atoms with Gasteiger partial charge in [0.1, 0.15) is 0 Å². The number of hydrogen-bond donors (Lipinski definition) is 0. The number of Topliss-reactive ketones (excluding diaryl/α,β-unsaturated/α-hetero) is 1. The summed E-state index contributed by atoms with van der Waals surface area (Å²) in [6.45, 7) is 0. The molecule has 0 aliphatic heterocycles. The molecular weight excluding hydrogens is 395 g/mol. The summed E-state index contributed by atoms with van der Waals surface area (Å²) in [6.07, 6.45) is 0.623. The summed E-state index contributed by atoms with van der Waals surface area (Å²) in [7, 11) is 3.28. The van der Waals surface area contributed by atoms with Crippen molar-refractivity contribution in [3.63, 3.8) is 0 Å². The van der Waals surface area contributed by atoms with Crippen LogP contribution in [-0.2, 0) is 11.2 Å². The van der Waals surface area contributed by atoms with Gasteiger partial charge in [-0.25, -0.2) is 0 Å². The molecule has 2 aromatic carbocycles. The van der Waals surface area contributed by atoms with Crippen LogP contribution in [0.4, 0.5) is 0 Å². The van der Waals surface area contributed by atoms with Crippen LogP contribution in [0.15, 0.2) is 48.5 Å². The first-order chi connectivity index (χ1) is 12.7. The summed E-state index contributed by atoms with van der Waals surface area (Å²) in [4.78, 5) is 13.4. The molecule has 0 saturated carbocycles. The Hall–Kier alpha value is -2.43. The molecule has 0 saturated heterocycles. The molecule has 4 rings (SSSR count). The number of carbonyl (C=O) groups is 1. The number of methoxy groups -OCH3 is 2. The second kappa shape index (κ2) is 7.06. The molecule has 0 N–H and O–H groups in total. The van der Waals surface area contributed by atoms with Crippen LogP contribution in [0.2, 0.25) is 0 Å². The van der Waals surface area contributed by atoms with E-state index in [1.807, 2.05) is 48.5 Å². The van der Waals surface area contributed by atoms with Gasteiger partial charge in [0.25, 0.3) is 0 Å². The fraction of sp³-hybridized carbons (Fsp3) is 0.250. The van der Waals surface area contributed by atoms with Crippen LogP contribution in [0, 0.1) is 0 Å². The van der Waals surface area contributed by atoms with Crippen LogP contribution in [0.25, 0.3) is 0 Å². The molecule has 1 aliphatic carbocycles. The zero-order chi connectivity index (χ0) is 18.1. The first-order valence-electron chi connectivity index (χ1n) is 8.34. The first kappa shape index (κ1) is 17.0. The van der Waals surface area contributed by atoms with Gasteiger partial charge >= 0.3 is 158 Å². The van der Waals surface area contributed by atoms with Crippen molar-refractivity contribution in [3.8, 4) is 11.5 Å². The van der Waals surface area contributed by atoms with E-state index in [2.05, 4.69) is 9.19 Å². The molecule has 26 heavy (non-hydrogen) atoms. The van der Waals surface area contributed by atoms with Crippen LogP contribution in [0.5, 0.6) is 11.5 Å². The van der Waals surface area contributed by atoms with Crippen LogP contribution in [0.1, 0.15) is 33.1 Å². The third-order valence-electron chi connectivity index (χ3n) is 4.84. The molecule has 5 nitrogen and oxygen atoms in total. The quantitative estimate of drug-likeness (QED) is 0.616. The molecule has 0 bridgehead atoms. The van der Waals surface area contributed by atoms with Crippen LogP contribution in [-0.4, -0.2) is 43.9 Å². The summed E-state index contributed by atoms with van der Waals surface area (Å²) in [5, 5.41) is 4.34. The molecule has 2 atom stereocenters. The van der Waals surface area contributed by atoms with Gasteiger partial charge in [-0.05, 0) is 0 Å². The van der Waals surface area contributed by atoms with Crippen molar-refractivity contribution < 1.29 is 14.3 Å². The summed E-state index contributed by atoms with van der Waals surface area (Å²) < 4.78 is 15.8. The number of rotatable bonds is 4. The predicted octanol–water partition coefficient (Wildman–Crippen LogP) is 2.59. The Kier molecular flexibility index (Phi) is 4.62. The number of carbonyl (C=O) groups excluding carboxylic acids is 1. The standard InChI is InChI=1S/C20H18N2O3Se/c1-24-14-7-3-12(4-8-14)16-11-17-20(26-22-21-17)18(19(16)23)13-5-9-15(25-2)10-6-13/h3-10,16,18H,11H2,1-2H3. The molecule has 1 aromatic heterocycles. The van der Waals surface area contributed by atoms with Gasteiger partial charge in [0.05, 0.1) is 0 Å². The fourth-order valence-electron chi connectivity index (χ4n) is 3.43. The molecular formula is C20H18N2O3Se. The molecule has 0 fully saturated rings. The number of fused-ring (bicyclic) bond motifs is 1. The van der Waals surface area contributed by atoms with Gasteiger partial charge in [0.15, 0.2) is 0 Å². The molecule has 0 spiro atoms. The van der Waals surface area contributed by atoms with Crippen molar-refractivity contribution in [2.75, 3.05) is 14.2 Å². The molecule has 1 heterocycles. The molecule has 6 heteroatoms. The van der Waals surface area contributed by atoms with E-state index in [1.165, 1.54) is 0 Å². The van der Waals surface area contributed by atoms with E-state index in [4.69, 9.17) is 9.47 Å². The van der Waals surface area contributed by atoms with E-state index in [1.54, 1.807) is 14.2 Å². The maximum absolute atomic E-state index is 13.4. The Morgan fingerprint density at radius 3 is 2.08 bits per heavy atom. The maximum atomic E-state index is 13.4. The Bertz CT molecular complexity index is 919. The average Bonchev–Trinajstić information content (AvgIpc) is 3.16. The van der Waals surface area contributed by atoms with E-state index >= 15 is 0 Å². The second-order valence-corrected chi connectivity index (χ2v) is 7.87. The van der Waals surface area contributed by atoms with Gasteiger partial charge in [-0.1, -0.05) is 0 Å². The van der Waals surface area contributed by atoms with Crippen molar-refractivity contribution in [3.05, 3.63) is 69.8 Å². The first-order valence-corrected chi connectivity index (χ1v) is 9.96. The molecule has 0 radical (unpaired) electrons. The average molecular weight is 413 g/mol. The summed E-state index contributed by atoms with van der Waals surface area (Å²) in [6, 6.07) is 15.5. The molecule has 0 amide bonds. The SMILES string of the molecule is COc1ccc(C2Cc3nn[se]c3C(c3ccc(OC)cc3)C2=O)cc1. The Labute approximate surface area is 158 Å². The summed E-state index contributed by atoms with van der Waals surface area (Å²) >= 11 is -0.0968. The van der Waals surface area contributed by atoms with Gasteiger partial charge in [-0.3, -0.25) is 0 Å². The molecule has 132 valence electrons. The Balaban J connectivity index is 1.74. The number of benzene rings is 2. The Morgan fingerprint density at radius 1 is 0.923 bits per heavy atom. The summed E-state index contributed by atoms with van der Waals surface area (Å²) in [5.74, 6) is 1.30. The van der Waals surface area contributed by atoms with E-state index in [9.17, 15) is 4.79 Å². The topological polar surface area (TPSA) is 61.3 Å².